The van der Waals surface area contributed by atoms with E-state index in [1.807, 2.05) is 0 Å². The normalized spacial score (nSPS) is 23.7. The van der Waals surface area contributed by atoms with Gasteiger partial charge in [0.2, 0.25) is 6.10 Å². The molecule has 0 spiro atoms. The molecule has 4 aliphatic rings. The second-order valence-corrected chi connectivity index (χ2v) is 28.5. The van der Waals surface area contributed by atoms with E-state index in [-0.39, 0.29) is 80.0 Å². The smallest absolute Gasteiger partial charge is 0.350 e. The number of rotatable bonds is 38. The Labute approximate surface area is 618 Å². The number of ether oxygens (including phenoxy) is 6. The van der Waals surface area contributed by atoms with Crippen LogP contribution in [0.4, 0.5) is 9.59 Å². The Hall–Kier alpha value is -10.1. The number of carboxylic acids is 3. The number of benzene rings is 3. The maximum Gasteiger partial charge on any atom is 0.350 e. The molecule has 5 amide bonds. The first kappa shape index (κ1) is 82.5. The zero-order chi connectivity index (χ0) is 77.8. The Morgan fingerprint density at radius 1 is 0.673 bits per heavy atom. The molecular weight excluding hydrogens is 1390 g/mol. The molecule has 0 radical (unpaired) electrons. The summed E-state index contributed by atoms with van der Waals surface area (Å²) >= 11 is 0. The molecule has 3 aliphatic carbocycles. The molecule has 31 nitrogen and oxygen atoms in total. The average molecular weight is 1490 g/mol. The Bertz CT molecular complexity index is 3850. The summed E-state index contributed by atoms with van der Waals surface area (Å²) in [6.45, 7) is 9.12. The van der Waals surface area contributed by atoms with E-state index in [2.05, 4.69) is 36.9 Å². The van der Waals surface area contributed by atoms with Crippen LogP contribution in [0.1, 0.15) is 189 Å². The standard InChI is InChI=1S/C76H98N8O23/c1-45-54(42-76(101)65(106-69(97)50-31-20-15-21-32-50)63-74(6,55(87)41-56-75(63,44-102-56)107-47(3)86)64(91)61(103-46(2)85)59(45)73(76,4)5)104-70(98)62(60(48-27-16-13-17-28-48)81-66(92)49-29-18-14-19-30-49)105-58(90)35-26-33-51-43-84(83-82-51)40-25-12-10-8-7-9-11-23-38-77-71(99)78-39-24-22-34-52(67(93)94)79-72(100)80-53(68(95)96)36-37-57(88)89/h13-21,27-32,43,52-56,60-63,65,87,101H,7-12,22-26,33-42,44H2,1-6H3,(H,81,92)(H,88,89)(H,93,94)(H,95,96)(H2,77,78,99)(H2,79,80,100)/t52-,53-,54-,55-,56+,60-,61+,62+,63-,65-,74+,75-,76+/m0/s1. The number of nitrogens with one attached hydrogen (secondary N) is 5. The summed E-state index contributed by atoms with van der Waals surface area (Å²) in [7, 11) is 0. The van der Waals surface area contributed by atoms with Gasteiger partial charge < -0.3 is 80.5 Å². The monoisotopic (exact) mass is 1490 g/mol. The number of aliphatic hydroxyl groups excluding tert-OH is 1. The van der Waals surface area contributed by atoms with Crippen LogP contribution in [0.25, 0.3) is 0 Å². The van der Waals surface area contributed by atoms with Crippen molar-refractivity contribution >= 4 is 71.5 Å². The fraction of sp³-hybridized carbons (Fsp3) is 0.553. The van der Waals surface area contributed by atoms with Crippen LogP contribution in [0.2, 0.25) is 0 Å². The van der Waals surface area contributed by atoms with Crippen LogP contribution >= 0.6 is 0 Å². The summed E-state index contributed by atoms with van der Waals surface area (Å²) in [5.74, 6) is -12.1. The van der Waals surface area contributed by atoms with Crippen molar-refractivity contribution < 1.29 is 111 Å². The van der Waals surface area contributed by atoms with E-state index in [0.29, 0.717) is 37.2 Å². The molecule has 8 rings (SSSR count). The first-order valence-corrected chi connectivity index (χ1v) is 36.3. The number of urea groups is 2. The van der Waals surface area contributed by atoms with Crippen LogP contribution in [0, 0.1) is 16.7 Å². The molecule has 580 valence electrons. The third-order valence-electron chi connectivity index (χ3n) is 20.8. The van der Waals surface area contributed by atoms with E-state index in [9.17, 15) is 68.4 Å². The molecule has 13 atom stereocenters. The van der Waals surface area contributed by atoms with Crippen molar-refractivity contribution in [2.45, 2.75) is 230 Å². The van der Waals surface area contributed by atoms with E-state index in [1.54, 1.807) is 104 Å². The summed E-state index contributed by atoms with van der Waals surface area (Å²) in [5, 5.41) is 75.3. The minimum Gasteiger partial charge on any atom is -0.481 e. The third-order valence-corrected chi connectivity index (χ3v) is 20.8. The highest BCUT2D eigenvalue weighted by Crippen LogP contribution is 2.64. The number of carbonyl (C=O) groups is 12. The van der Waals surface area contributed by atoms with Crippen molar-refractivity contribution in [3.63, 3.8) is 0 Å². The van der Waals surface area contributed by atoms with Crippen molar-refractivity contribution in [2.75, 3.05) is 19.7 Å². The van der Waals surface area contributed by atoms with Crippen LogP contribution < -0.4 is 26.6 Å². The number of fused-ring (bicyclic) bond motifs is 5. The highest BCUT2D eigenvalue weighted by molar-refractivity contribution is 5.97. The van der Waals surface area contributed by atoms with Gasteiger partial charge in [0.15, 0.2) is 17.5 Å². The Balaban J connectivity index is 0.878. The van der Waals surface area contributed by atoms with Gasteiger partial charge in [0.05, 0.1) is 35.3 Å². The molecule has 3 aromatic carbocycles. The van der Waals surface area contributed by atoms with Crippen molar-refractivity contribution in [1.29, 1.82) is 0 Å². The van der Waals surface area contributed by atoms with Crippen molar-refractivity contribution in [3.8, 4) is 0 Å². The van der Waals surface area contributed by atoms with Crippen LogP contribution in [0.15, 0.2) is 108 Å². The number of aliphatic hydroxyl groups is 2. The fourth-order valence-corrected chi connectivity index (χ4v) is 15.0. The van der Waals surface area contributed by atoms with Crippen molar-refractivity contribution in [1.82, 2.24) is 41.6 Å². The quantitative estimate of drug-likeness (QED) is 0.00982. The van der Waals surface area contributed by atoms with Crippen LogP contribution in [-0.4, -0.2) is 192 Å². The van der Waals surface area contributed by atoms with E-state index in [1.165, 1.54) is 26.0 Å². The number of aromatic nitrogens is 3. The van der Waals surface area contributed by atoms with Crippen LogP contribution in [-0.2, 0) is 79.7 Å². The molecule has 2 heterocycles. The molecule has 3 fully saturated rings. The number of nitrogens with zero attached hydrogens (tertiary/aromatic N) is 3. The minimum atomic E-state index is -2.51. The Morgan fingerprint density at radius 3 is 1.83 bits per heavy atom. The number of hydrogen-bond acceptors (Lipinski definition) is 22. The molecule has 1 aliphatic heterocycles. The highest BCUT2D eigenvalue weighted by atomic mass is 16.6. The lowest BCUT2D eigenvalue weighted by Crippen LogP contribution is -2.82. The second kappa shape index (κ2) is 37.4. The lowest BCUT2D eigenvalue weighted by Gasteiger charge is -2.67. The van der Waals surface area contributed by atoms with Gasteiger partial charge in [0.1, 0.15) is 42.0 Å². The number of esters is 5. The first-order valence-electron chi connectivity index (χ1n) is 36.3. The zero-order valence-corrected chi connectivity index (χ0v) is 61.0. The van der Waals surface area contributed by atoms with Gasteiger partial charge in [-0.2, -0.15) is 0 Å². The molecule has 2 saturated carbocycles. The van der Waals surface area contributed by atoms with Gasteiger partial charge in [-0.15, -0.1) is 5.10 Å². The van der Waals surface area contributed by atoms with Gasteiger partial charge in [0.25, 0.3) is 5.91 Å². The number of carboxylic acid groups (broad SMARTS) is 3. The molecule has 1 aromatic heterocycles. The lowest BCUT2D eigenvalue weighted by atomic mass is 9.44. The minimum absolute atomic E-state index is 0.00000178. The Kier molecular flexibility index (Phi) is 28.8. The molecular formula is C76H98N8O23. The SMILES string of the molecule is CC(=O)O[C@H]1C(=O)[C@@]2(C)[C@H]([C@H](OC(=O)c3ccccc3)[C@]3(O)C[C@H](OC(=O)[C@H](OC(=O)CCCc4cn(CCCCCCCCCCNC(=O)NCCCC[C@H](NC(=O)N[C@@H](CCC(=O)O)C(=O)O)C(=O)O)nn4)[C@@H](NC(=O)c4ccccc4)c4ccccc4)C(C)=C1C3(C)C)[C@]1(OC(C)=O)CO[C@@H]1C[C@@H]2O. The second-order valence-electron chi connectivity index (χ2n) is 28.5. The molecule has 2 bridgehead atoms. The van der Waals surface area contributed by atoms with Gasteiger partial charge in [0, 0.05) is 76.3 Å². The lowest BCUT2D eigenvalue weighted by molar-refractivity contribution is -0.346. The molecule has 4 aromatic rings. The summed E-state index contributed by atoms with van der Waals surface area (Å²) in [6, 6.07) is 18.4. The number of hydrogen-bond donors (Lipinski definition) is 10. The van der Waals surface area contributed by atoms with Crippen molar-refractivity contribution in [3.05, 3.63) is 131 Å². The summed E-state index contributed by atoms with van der Waals surface area (Å²) in [4.78, 5) is 160. The van der Waals surface area contributed by atoms with Gasteiger partial charge in [-0.05, 0) is 106 Å². The Morgan fingerprint density at radius 2 is 1.25 bits per heavy atom. The number of ketones is 1. The fourth-order valence-electron chi connectivity index (χ4n) is 15.0. The summed E-state index contributed by atoms with van der Waals surface area (Å²) in [6.07, 6.45) is -1.83. The average Bonchev–Trinajstić information content (AvgIpc) is 0.971. The van der Waals surface area contributed by atoms with E-state index in [4.69, 9.17) is 33.5 Å². The predicted molar refractivity (Wildman–Crippen MR) is 378 cm³/mol. The molecule has 10 N–H and O–H groups in total. The van der Waals surface area contributed by atoms with E-state index < -0.39 is 161 Å². The number of unbranched alkanes of at least 4 members (excludes halogenated alkanes) is 8. The van der Waals surface area contributed by atoms with Gasteiger partial charge in [-0.1, -0.05) is 124 Å². The van der Waals surface area contributed by atoms with Gasteiger partial charge in [-0.3, -0.25) is 33.4 Å². The zero-order valence-electron chi connectivity index (χ0n) is 61.0. The number of Topliss-reactive ketones (excluding diaryl/α,β-unsaturated/α-hetero) is 1. The van der Waals surface area contributed by atoms with E-state index >= 15 is 9.59 Å². The number of amides is 5. The van der Waals surface area contributed by atoms with Gasteiger partial charge >= 0.3 is 59.8 Å². The topological polar surface area (TPSA) is 452 Å². The number of aryl methyl sites for hydroxylation is 2. The number of carbonyl (C=O) groups excluding carboxylic acids is 9. The maximum atomic E-state index is 15.9. The molecule has 1 saturated heterocycles. The van der Waals surface area contributed by atoms with Gasteiger partial charge in [-0.25, -0.2) is 28.8 Å². The highest BCUT2D eigenvalue weighted by Gasteiger charge is 2.78. The largest absolute Gasteiger partial charge is 0.481 e. The first-order chi connectivity index (χ1) is 50.9. The van der Waals surface area contributed by atoms with Crippen LogP contribution in [0.5, 0.6) is 0 Å². The summed E-state index contributed by atoms with van der Waals surface area (Å²) < 4.78 is 39.1. The van der Waals surface area contributed by atoms with E-state index in [0.717, 1.165) is 65.2 Å². The molecule has 107 heavy (non-hydrogen) atoms. The third kappa shape index (κ3) is 20.5. The van der Waals surface area contributed by atoms with Crippen LogP contribution in [0.3, 0.4) is 0 Å². The molecule has 0 unspecified atom stereocenters. The maximum absolute atomic E-state index is 15.9. The summed E-state index contributed by atoms with van der Waals surface area (Å²) in [5.41, 5.74) is -7.10. The molecule has 31 heteroatoms. The van der Waals surface area contributed by atoms with Crippen molar-refractivity contribution in [2.24, 2.45) is 16.7 Å². The predicted octanol–water partition coefficient (Wildman–Crippen LogP) is 6.56. The number of aliphatic carboxylic acids is 3.